The third kappa shape index (κ3) is 4.64. The van der Waals surface area contributed by atoms with Gasteiger partial charge >= 0.3 is 6.36 Å². The number of hydrogen-bond donors (Lipinski definition) is 1. The molecule has 1 amide bonds. The van der Waals surface area contributed by atoms with Gasteiger partial charge in [-0.3, -0.25) is 4.79 Å². The van der Waals surface area contributed by atoms with Crippen LogP contribution >= 0.6 is 0 Å². The second kappa shape index (κ2) is 8.58. The monoisotopic (exact) mass is 437 g/mol. The summed E-state index contributed by atoms with van der Waals surface area (Å²) in [5.74, 6) is -0.790. The highest BCUT2D eigenvalue weighted by Gasteiger charge is 2.31. The summed E-state index contributed by atoms with van der Waals surface area (Å²) < 4.78 is 42.7. The quantitative estimate of drug-likeness (QED) is 0.417. The second-order valence-corrected chi connectivity index (χ2v) is 6.95. The van der Waals surface area contributed by atoms with Crippen molar-refractivity contribution in [1.29, 1.82) is 0 Å². The van der Waals surface area contributed by atoms with Gasteiger partial charge in [0.1, 0.15) is 11.4 Å². The van der Waals surface area contributed by atoms with E-state index in [9.17, 15) is 18.0 Å². The van der Waals surface area contributed by atoms with E-state index < -0.39 is 12.3 Å². The number of aromatic nitrogens is 2. The highest BCUT2D eigenvalue weighted by atomic mass is 19.4. The first kappa shape index (κ1) is 21.2. The Balaban J connectivity index is 1.69. The number of ether oxygens (including phenoxy) is 1. The summed E-state index contributed by atoms with van der Waals surface area (Å²) in [6.07, 6.45) is -4.78. The van der Waals surface area contributed by atoms with E-state index in [-0.39, 0.29) is 5.75 Å². The van der Waals surface area contributed by atoms with Crippen molar-refractivity contribution in [3.05, 3.63) is 96.2 Å². The fourth-order valence-electron chi connectivity index (χ4n) is 3.33. The van der Waals surface area contributed by atoms with Crippen LogP contribution in [0.3, 0.4) is 0 Å². The first-order valence-corrected chi connectivity index (χ1v) is 9.69. The van der Waals surface area contributed by atoms with E-state index in [1.54, 1.807) is 11.6 Å². The molecule has 1 heterocycles. The van der Waals surface area contributed by atoms with Crippen LogP contribution in [0.5, 0.6) is 5.75 Å². The standard InChI is InChI=1S/C24H18F3N3O2/c1-16-21(23(31)28-18-12-14-20(15-13-18)32-24(25,26)27)22(17-8-4-2-5-9-17)29-30(16)19-10-6-3-7-11-19/h2-15H,1H3,(H,28,31). The summed E-state index contributed by atoms with van der Waals surface area (Å²) in [5, 5.41) is 7.41. The zero-order valence-corrected chi connectivity index (χ0v) is 16.9. The fraction of sp³-hybridized carbons (Fsp3) is 0.0833. The van der Waals surface area contributed by atoms with Crippen molar-refractivity contribution in [2.45, 2.75) is 13.3 Å². The molecule has 0 aliphatic rings. The number of nitrogens with one attached hydrogen (secondary N) is 1. The van der Waals surface area contributed by atoms with Crippen molar-refractivity contribution in [3.8, 4) is 22.7 Å². The van der Waals surface area contributed by atoms with E-state index in [1.165, 1.54) is 12.1 Å². The van der Waals surface area contributed by atoms with E-state index >= 15 is 0 Å². The van der Waals surface area contributed by atoms with Gasteiger partial charge in [-0.25, -0.2) is 4.68 Å². The minimum atomic E-state index is -4.78. The average molecular weight is 437 g/mol. The lowest BCUT2D eigenvalue weighted by Crippen LogP contribution is -2.17. The Labute approximate surface area is 182 Å². The molecule has 5 nitrogen and oxygen atoms in total. The summed E-state index contributed by atoms with van der Waals surface area (Å²) >= 11 is 0. The molecule has 3 aromatic carbocycles. The predicted molar refractivity (Wildman–Crippen MR) is 115 cm³/mol. The zero-order valence-electron chi connectivity index (χ0n) is 16.9. The Kier molecular flexibility index (Phi) is 5.68. The van der Waals surface area contributed by atoms with Crippen molar-refractivity contribution in [2.24, 2.45) is 0 Å². The molecule has 0 spiro atoms. The molecule has 0 fully saturated rings. The molecule has 32 heavy (non-hydrogen) atoms. The Morgan fingerprint density at radius 2 is 1.50 bits per heavy atom. The highest BCUT2D eigenvalue weighted by molar-refractivity contribution is 6.09. The molecule has 4 aromatic rings. The van der Waals surface area contributed by atoms with Crippen LogP contribution in [0.15, 0.2) is 84.9 Å². The minimum absolute atomic E-state index is 0.329. The molecule has 0 aliphatic heterocycles. The maximum absolute atomic E-state index is 13.2. The number of carbonyl (C=O) groups excluding carboxylic acids is 1. The lowest BCUT2D eigenvalue weighted by molar-refractivity contribution is -0.274. The Morgan fingerprint density at radius 1 is 0.906 bits per heavy atom. The van der Waals surface area contributed by atoms with Gasteiger partial charge < -0.3 is 10.1 Å². The van der Waals surface area contributed by atoms with Crippen LogP contribution in [-0.2, 0) is 0 Å². The van der Waals surface area contributed by atoms with Gasteiger partial charge in [0.05, 0.1) is 16.9 Å². The van der Waals surface area contributed by atoms with Crippen molar-refractivity contribution in [3.63, 3.8) is 0 Å². The molecule has 162 valence electrons. The Morgan fingerprint density at radius 3 is 2.09 bits per heavy atom. The lowest BCUT2D eigenvalue weighted by Gasteiger charge is -2.10. The number of para-hydroxylation sites is 1. The molecule has 1 N–H and O–H groups in total. The number of halogens is 3. The lowest BCUT2D eigenvalue weighted by atomic mass is 10.1. The third-order valence-corrected chi connectivity index (χ3v) is 4.74. The van der Waals surface area contributed by atoms with Gasteiger partial charge in [-0.05, 0) is 43.3 Å². The van der Waals surface area contributed by atoms with E-state index in [1.807, 2.05) is 60.7 Å². The normalized spacial score (nSPS) is 11.2. The number of benzene rings is 3. The van der Waals surface area contributed by atoms with Crippen LogP contribution in [0.4, 0.5) is 18.9 Å². The smallest absolute Gasteiger partial charge is 0.406 e. The number of carbonyl (C=O) groups is 1. The van der Waals surface area contributed by atoms with Gasteiger partial charge in [-0.1, -0.05) is 48.5 Å². The molecule has 0 unspecified atom stereocenters. The summed E-state index contributed by atoms with van der Waals surface area (Å²) in [7, 11) is 0. The van der Waals surface area contributed by atoms with Crippen LogP contribution in [0.1, 0.15) is 16.1 Å². The van der Waals surface area contributed by atoms with Crippen LogP contribution in [0.25, 0.3) is 16.9 Å². The van der Waals surface area contributed by atoms with Gasteiger partial charge in [0.2, 0.25) is 0 Å². The number of alkyl halides is 3. The summed E-state index contributed by atoms with van der Waals surface area (Å²) in [4.78, 5) is 13.2. The fourth-order valence-corrected chi connectivity index (χ4v) is 3.33. The molecule has 0 radical (unpaired) electrons. The zero-order chi connectivity index (χ0) is 22.7. The first-order valence-electron chi connectivity index (χ1n) is 9.69. The molecule has 4 rings (SSSR count). The molecule has 0 atom stereocenters. The third-order valence-electron chi connectivity index (χ3n) is 4.74. The number of rotatable bonds is 5. The van der Waals surface area contributed by atoms with E-state index in [2.05, 4.69) is 15.2 Å². The van der Waals surface area contributed by atoms with Crippen LogP contribution < -0.4 is 10.1 Å². The number of anilines is 1. The van der Waals surface area contributed by atoms with Crippen LogP contribution in [0.2, 0.25) is 0 Å². The van der Waals surface area contributed by atoms with Gasteiger partial charge in [0.25, 0.3) is 5.91 Å². The van der Waals surface area contributed by atoms with Gasteiger partial charge in [0, 0.05) is 11.3 Å². The molecule has 0 saturated heterocycles. The van der Waals surface area contributed by atoms with Gasteiger partial charge in [-0.15, -0.1) is 13.2 Å². The Bertz CT molecular complexity index is 1220. The largest absolute Gasteiger partial charge is 0.573 e. The highest BCUT2D eigenvalue weighted by Crippen LogP contribution is 2.29. The predicted octanol–water partition coefficient (Wildman–Crippen LogP) is 6.00. The molecule has 8 heteroatoms. The second-order valence-electron chi connectivity index (χ2n) is 6.95. The minimum Gasteiger partial charge on any atom is -0.406 e. The number of amides is 1. The molecule has 1 aromatic heterocycles. The van der Waals surface area contributed by atoms with Gasteiger partial charge in [0.15, 0.2) is 0 Å². The Hall–Kier alpha value is -4.07. The van der Waals surface area contributed by atoms with Crippen molar-refractivity contribution < 1.29 is 22.7 Å². The summed E-state index contributed by atoms with van der Waals surface area (Å²) in [6, 6.07) is 23.7. The summed E-state index contributed by atoms with van der Waals surface area (Å²) in [6.45, 7) is 1.79. The van der Waals surface area contributed by atoms with E-state index in [4.69, 9.17) is 0 Å². The van der Waals surface area contributed by atoms with Crippen LogP contribution in [-0.4, -0.2) is 22.1 Å². The maximum atomic E-state index is 13.2. The van der Waals surface area contributed by atoms with Crippen molar-refractivity contribution in [2.75, 3.05) is 5.32 Å². The van der Waals surface area contributed by atoms with E-state index in [0.29, 0.717) is 22.6 Å². The molecular formula is C24H18F3N3O2. The molecule has 0 aliphatic carbocycles. The topological polar surface area (TPSA) is 56.1 Å². The van der Waals surface area contributed by atoms with Crippen LogP contribution in [0, 0.1) is 6.92 Å². The molecule has 0 saturated carbocycles. The average Bonchev–Trinajstić information content (AvgIpc) is 3.12. The SMILES string of the molecule is Cc1c(C(=O)Nc2ccc(OC(F)(F)F)cc2)c(-c2ccccc2)nn1-c1ccccc1. The van der Waals surface area contributed by atoms with Crippen molar-refractivity contribution in [1.82, 2.24) is 9.78 Å². The van der Waals surface area contributed by atoms with E-state index in [0.717, 1.165) is 23.4 Å². The molecule has 0 bridgehead atoms. The summed E-state index contributed by atoms with van der Waals surface area (Å²) in [5.41, 5.74) is 3.40. The molecular weight excluding hydrogens is 419 g/mol. The number of hydrogen-bond acceptors (Lipinski definition) is 3. The van der Waals surface area contributed by atoms with Gasteiger partial charge in [-0.2, -0.15) is 5.10 Å². The van der Waals surface area contributed by atoms with Crippen molar-refractivity contribution >= 4 is 11.6 Å². The maximum Gasteiger partial charge on any atom is 0.573 e. The first-order chi connectivity index (χ1) is 15.3. The number of nitrogens with zero attached hydrogens (tertiary/aromatic N) is 2.